The van der Waals surface area contributed by atoms with E-state index in [4.69, 9.17) is 11.6 Å². The van der Waals surface area contributed by atoms with Gasteiger partial charge in [-0.25, -0.2) is 4.39 Å². The molecular formula is C15H8BrClFNOS. The molecule has 106 valence electrons. The van der Waals surface area contributed by atoms with Gasteiger partial charge in [-0.05, 0) is 36.4 Å². The van der Waals surface area contributed by atoms with Gasteiger partial charge in [0, 0.05) is 14.6 Å². The van der Waals surface area contributed by atoms with Crippen LogP contribution in [0.3, 0.4) is 0 Å². The van der Waals surface area contributed by atoms with Crippen LogP contribution < -0.4 is 5.32 Å². The zero-order valence-corrected chi connectivity index (χ0v) is 13.7. The molecule has 0 aliphatic heterocycles. The van der Waals surface area contributed by atoms with Crippen molar-refractivity contribution in [2.45, 2.75) is 0 Å². The number of nitrogens with one attached hydrogen (secondary N) is 1. The first kappa shape index (κ1) is 14.5. The molecule has 0 fully saturated rings. The Bertz CT molecular complexity index is 849. The lowest BCUT2D eigenvalue weighted by atomic mass is 10.2. The third-order valence-corrected chi connectivity index (χ3v) is 4.82. The van der Waals surface area contributed by atoms with E-state index in [9.17, 15) is 9.18 Å². The van der Waals surface area contributed by atoms with Crippen LogP contribution in [0.1, 0.15) is 9.67 Å². The number of carbonyl (C=O) groups is 1. The van der Waals surface area contributed by atoms with Crippen LogP contribution in [0.25, 0.3) is 10.1 Å². The van der Waals surface area contributed by atoms with Gasteiger partial charge < -0.3 is 5.32 Å². The summed E-state index contributed by atoms with van der Waals surface area (Å²) < 4.78 is 15.2. The number of halogens is 3. The summed E-state index contributed by atoms with van der Waals surface area (Å²) in [5.41, 5.74) is 0.516. The fourth-order valence-electron chi connectivity index (χ4n) is 1.91. The molecule has 0 saturated heterocycles. The predicted octanol–water partition coefficient (Wildman–Crippen LogP) is 5.71. The summed E-state index contributed by atoms with van der Waals surface area (Å²) in [6, 6.07) is 11.5. The van der Waals surface area contributed by atoms with Gasteiger partial charge in [0.25, 0.3) is 5.91 Å². The molecule has 2 nitrogen and oxygen atoms in total. The van der Waals surface area contributed by atoms with Gasteiger partial charge in [0.15, 0.2) is 0 Å². The maximum absolute atomic E-state index is 13.6. The molecule has 0 aliphatic rings. The molecular weight excluding hydrogens is 377 g/mol. The van der Waals surface area contributed by atoms with Gasteiger partial charge in [0.2, 0.25) is 0 Å². The van der Waals surface area contributed by atoms with Crippen molar-refractivity contribution in [1.82, 2.24) is 0 Å². The zero-order valence-electron chi connectivity index (χ0n) is 10.5. The quantitative estimate of drug-likeness (QED) is 0.602. The van der Waals surface area contributed by atoms with E-state index in [1.165, 1.54) is 17.4 Å². The molecule has 0 unspecified atom stereocenters. The molecule has 0 spiro atoms. The molecule has 0 bridgehead atoms. The predicted molar refractivity (Wildman–Crippen MR) is 88.9 cm³/mol. The normalized spacial score (nSPS) is 10.8. The Balaban J connectivity index is 1.92. The van der Waals surface area contributed by atoms with Crippen molar-refractivity contribution < 1.29 is 9.18 Å². The number of benzene rings is 2. The van der Waals surface area contributed by atoms with E-state index in [2.05, 4.69) is 21.2 Å². The topological polar surface area (TPSA) is 29.1 Å². The van der Waals surface area contributed by atoms with Crippen LogP contribution in [0.15, 0.2) is 46.9 Å². The smallest absolute Gasteiger partial charge is 0.265 e. The van der Waals surface area contributed by atoms with E-state index in [0.29, 0.717) is 21.0 Å². The number of carbonyl (C=O) groups excluding carboxylic acids is 1. The van der Waals surface area contributed by atoms with Gasteiger partial charge >= 0.3 is 0 Å². The van der Waals surface area contributed by atoms with Crippen molar-refractivity contribution in [3.63, 3.8) is 0 Å². The number of fused-ring (bicyclic) bond motifs is 1. The lowest BCUT2D eigenvalue weighted by molar-refractivity contribution is 0.103. The molecule has 0 saturated carbocycles. The van der Waals surface area contributed by atoms with Crippen molar-refractivity contribution in [1.29, 1.82) is 0 Å². The fraction of sp³-hybridized carbons (Fsp3) is 0. The molecule has 1 N–H and O–H groups in total. The second kappa shape index (κ2) is 5.75. The van der Waals surface area contributed by atoms with Crippen LogP contribution in [0.2, 0.25) is 5.02 Å². The number of amides is 1. The summed E-state index contributed by atoms with van der Waals surface area (Å²) in [6.07, 6.45) is 0. The summed E-state index contributed by atoms with van der Waals surface area (Å²) in [6.45, 7) is 0. The van der Waals surface area contributed by atoms with Gasteiger partial charge in [0.05, 0.1) is 15.6 Å². The monoisotopic (exact) mass is 383 g/mol. The first-order valence-corrected chi connectivity index (χ1v) is 7.98. The Hall–Kier alpha value is -1.43. The Labute approximate surface area is 137 Å². The van der Waals surface area contributed by atoms with Gasteiger partial charge in [-0.1, -0.05) is 33.6 Å². The minimum Gasteiger partial charge on any atom is -0.320 e. The van der Waals surface area contributed by atoms with E-state index in [1.807, 2.05) is 0 Å². The van der Waals surface area contributed by atoms with Crippen LogP contribution in [0.4, 0.5) is 10.1 Å². The molecule has 6 heteroatoms. The standard InChI is InChI=1S/C15H8BrClFNOS/c16-8-4-5-12(10(17)6-8)19-15(20)14-7-9-11(18)2-1-3-13(9)21-14/h1-7H,(H,19,20). The number of rotatable bonds is 2. The molecule has 0 atom stereocenters. The molecule has 0 aliphatic carbocycles. The number of anilines is 1. The van der Waals surface area contributed by atoms with Gasteiger partial charge in [-0.3, -0.25) is 4.79 Å². The minimum atomic E-state index is -0.329. The number of thiophene rings is 1. The van der Waals surface area contributed by atoms with E-state index >= 15 is 0 Å². The average molecular weight is 385 g/mol. The van der Waals surface area contributed by atoms with Gasteiger partial charge in [-0.15, -0.1) is 11.3 Å². The van der Waals surface area contributed by atoms with Crippen molar-refractivity contribution in [2.24, 2.45) is 0 Å². The van der Waals surface area contributed by atoms with Crippen LogP contribution in [-0.2, 0) is 0 Å². The SMILES string of the molecule is O=C(Nc1ccc(Br)cc1Cl)c1cc2c(F)cccc2s1. The van der Waals surface area contributed by atoms with Crippen LogP contribution >= 0.6 is 38.9 Å². The highest BCUT2D eigenvalue weighted by molar-refractivity contribution is 9.10. The first-order chi connectivity index (χ1) is 10.0. The summed E-state index contributed by atoms with van der Waals surface area (Å²) in [5, 5.41) is 3.62. The minimum absolute atomic E-state index is 0.306. The highest BCUT2D eigenvalue weighted by Gasteiger charge is 2.13. The third-order valence-electron chi connectivity index (χ3n) is 2.91. The summed E-state index contributed by atoms with van der Waals surface area (Å²) in [7, 11) is 0. The van der Waals surface area contributed by atoms with Crippen molar-refractivity contribution in [2.75, 3.05) is 5.32 Å². The van der Waals surface area contributed by atoms with Gasteiger partial charge in [0.1, 0.15) is 5.82 Å². The second-order valence-electron chi connectivity index (χ2n) is 4.34. The Morgan fingerprint density at radius 3 is 2.76 bits per heavy atom. The highest BCUT2D eigenvalue weighted by atomic mass is 79.9. The Morgan fingerprint density at radius 2 is 2.05 bits per heavy atom. The van der Waals surface area contributed by atoms with Crippen molar-refractivity contribution in [3.05, 3.63) is 62.7 Å². The molecule has 1 aromatic heterocycles. The number of hydrogen-bond donors (Lipinski definition) is 1. The van der Waals surface area contributed by atoms with E-state index in [1.54, 1.807) is 36.4 Å². The third kappa shape index (κ3) is 2.95. The number of hydrogen-bond acceptors (Lipinski definition) is 2. The highest BCUT2D eigenvalue weighted by Crippen LogP contribution is 2.30. The first-order valence-electron chi connectivity index (χ1n) is 5.99. The maximum Gasteiger partial charge on any atom is 0.265 e. The Kier molecular flexibility index (Phi) is 3.97. The molecule has 0 radical (unpaired) electrons. The van der Waals surface area contributed by atoms with Crippen LogP contribution in [-0.4, -0.2) is 5.91 Å². The average Bonchev–Trinajstić information content (AvgIpc) is 2.87. The molecule has 3 rings (SSSR count). The molecule has 1 heterocycles. The molecule has 3 aromatic rings. The van der Waals surface area contributed by atoms with E-state index in [0.717, 1.165) is 9.17 Å². The summed E-state index contributed by atoms with van der Waals surface area (Å²) in [4.78, 5) is 12.7. The second-order valence-corrected chi connectivity index (χ2v) is 6.75. The summed E-state index contributed by atoms with van der Waals surface area (Å²) in [5.74, 6) is -0.635. The van der Waals surface area contributed by atoms with Crippen LogP contribution in [0, 0.1) is 5.82 Å². The van der Waals surface area contributed by atoms with E-state index < -0.39 is 0 Å². The zero-order chi connectivity index (χ0) is 15.0. The lowest BCUT2D eigenvalue weighted by Gasteiger charge is -2.06. The van der Waals surface area contributed by atoms with Gasteiger partial charge in [-0.2, -0.15) is 0 Å². The molecule has 1 amide bonds. The maximum atomic E-state index is 13.6. The van der Waals surface area contributed by atoms with Crippen molar-refractivity contribution >= 4 is 60.5 Å². The lowest BCUT2D eigenvalue weighted by Crippen LogP contribution is -2.10. The summed E-state index contributed by atoms with van der Waals surface area (Å²) >= 11 is 10.6. The molecule has 2 aromatic carbocycles. The van der Waals surface area contributed by atoms with Crippen molar-refractivity contribution in [3.8, 4) is 0 Å². The van der Waals surface area contributed by atoms with E-state index in [-0.39, 0.29) is 11.7 Å². The fourth-order valence-corrected chi connectivity index (χ4v) is 3.60. The molecule has 21 heavy (non-hydrogen) atoms. The Morgan fingerprint density at radius 1 is 1.24 bits per heavy atom. The largest absolute Gasteiger partial charge is 0.320 e. The van der Waals surface area contributed by atoms with Crippen LogP contribution in [0.5, 0.6) is 0 Å².